The summed E-state index contributed by atoms with van der Waals surface area (Å²) in [6, 6.07) is 11.1. The summed E-state index contributed by atoms with van der Waals surface area (Å²) in [6.45, 7) is 0.0109. The topological polar surface area (TPSA) is 61.4 Å². The zero-order valence-electron chi connectivity index (χ0n) is 19.7. The minimum atomic E-state index is -0.693. The number of benzene rings is 2. The van der Waals surface area contributed by atoms with Crippen molar-refractivity contribution in [2.24, 2.45) is 0 Å². The first-order valence-electron chi connectivity index (χ1n) is 11.6. The van der Waals surface area contributed by atoms with E-state index in [2.05, 4.69) is 35.7 Å². The summed E-state index contributed by atoms with van der Waals surface area (Å²) < 4.78 is 26.5. The molecule has 2 N–H and O–H groups in total. The Bertz CT molecular complexity index is 987. The summed E-state index contributed by atoms with van der Waals surface area (Å²) >= 11 is 6.16. The lowest BCUT2D eigenvalue weighted by molar-refractivity contribution is -0.127. The maximum absolute atomic E-state index is 13.2. The Balaban J connectivity index is 1.42. The van der Waals surface area contributed by atoms with E-state index >= 15 is 0 Å². The van der Waals surface area contributed by atoms with Gasteiger partial charge in [-0.05, 0) is 81.6 Å². The van der Waals surface area contributed by atoms with Crippen molar-refractivity contribution in [3.8, 4) is 0 Å². The minimum Gasteiger partial charge on any atom is -0.353 e. The number of rotatable bonds is 9. The summed E-state index contributed by atoms with van der Waals surface area (Å²) in [4.78, 5) is 26.7. The zero-order valence-corrected chi connectivity index (χ0v) is 20.4. The van der Waals surface area contributed by atoms with Gasteiger partial charge in [0.1, 0.15) is 11.6 Å². The Morgan fingerprint density at radius 3 is 2.26 bits per heavy atom. The number of likely N-dealkylation sites (N-methyl/N-ethyl adjacent to an activating group) is 1. The van der Waals surface area contributed by atoms with Crippen LogP contribution < -0.4 is 10.6 Å². The Hall–Kier alpha value is -2.51. The molecule has 1 aliphatic rings. The first-order chi connectivity index (χ1) is 16.1. The average molecular weight is 492 g/mol. The Morgan fingerprint density at radius 1 is 1.00 bits per heavy atom. The number of hydrogen-bond donors (Lipinski definition) is 2. The van der Waals surface area contributed by atoms with Gasteiger partial charge in [-0.1, -0.05) is 23.7 Å². The molecule has 8 heteroatoms. The van der Waals surface area contributed by atoms with Gasteiger partial charge in [-0.2, -0.15) is 0 Å². The quantitative estimate of drug-likeness (QED) is 0.538. The van der Waals surface area contributed by atoms with Gasteiger partial charge in [-0.15, -0.1) is 0 Å². The lowest BCUT2D eigenvalue weighted by atomic mass is 9.75. The molecule has 0 unspecified atom stereocenters. The molecule has 34 heavy (non-hydrogen) atoms. The second kappa shape index (κ2) is 11.8. The molecule has 0 atom stereocenters. The highest BCUT2D eigenvalue weighted by Gasteiger charge is 2.37. The van der Waals surface area contributed by atoms with Crippen molar-refractivity contribution in [1.29, 1.82) is 0 Å². The number of nitrogens with one attached hydrogen (secondary N) is 2. The summed E-state index contributed by atoms with van der Waals surface area (Å²) in [5.74, 6) is -1.88. The van der Waals surface area contributed by atoms with Gasteiger partial charge in [-0.3, -0.25) is 9.59 Å². The van der Waals surface area contributed by atoms with Crippen LogP contribution >= 0.6 is 11.6 Å². The molecule has 0 saturated heterocycles. The van der Waals surface area contributed by atoms with Crippen LogP contribution in [-0.4, -0.2) is 42.4 Å². The molecule has 2 aromatic carbocycles. The van der Waals surface area contributed by atoms with E-state index in [1.807, 2.05) is 18.2 Å². The molecule has 1 aliphatic carbocycles. The predicted molar refractivity (Wildman–Crippen MR) is 129 cm³/mol. The van der Waals surface area contributed by atoms with E-state index in [0.717, 1.165) is 43.2 Å². The third-order valence-corrected chi connectivity index (χ3v) is 6.88. The van der Waals surface area contributed by atoms with Gasteiger partial charge in [0.25, 0.3) is 0 Å². The van der Waals surface area contributed by atoms with Crippen LogP contribution in [0.15, 0.2) is 42.5 Å². The monoisotopic (exact) mass is 491 g/mol. The van der Waals surface area contributed by atoms with Crippen LogP contribution in [0.3, 0.4) is 0 Å². The van der Waals surface area contributed by atoms with E-state index < -0.39 is 11.6 Å². The van der Waals surface area contributed by atoms with E-state index in [0.29, 0.717) is 5.56 Å². The van der Waals surface area contributed by atoms with Crippen molar-refractivity contribution in [3.05, 3.63) is 70.2 Å². The number of nitrogens with zero attached hydrogens (tertiary/aromatic N) is 1. The fraction of sp³-hybridized carbons (Fsp3) is 0.462. The van der Waals surface area contributed by atoms with Gasteiger partial charge < -0.3 is 15.5 Å². The molecule has 0 spiro atoms. The molecule has 1 saturated carbocycles. The highest BCUT2D eigenvalue weighted by Crippen LogP contribution is 2.36. The van der Waals surface area contributed by atoms with Gasteiger partial charge in [-0.25, -0.2) is 8.78 Å². The van der Waals surface area contributed by atoms with E-state index in [-0.39, 0.29) is 42.8 Å². The molecule has 5 nitrogen and oxygen atoms in total. The van der Waals surface area contributed by atoms with Gasteiger partial charge in [0.15, 0.2) is 0 Å². The smallest absolute Gasteiger partial charge is 0.220 e. The summed E-state index contributed by atoms with van der Waals surface area (Å²) in [7, 11) is 4.20. The third-order valence-electron chi connectivity index (χ3n) is 6.64. The third kappa shape index (κ3) is 7.50. The molecule has 0 bridgehead atoms. The number of carbonyl (C=O) groups is 2. The SMILES string of the molecule is CN(C)C1(Cc2cccc(Cl)c2)CCC(NC(=O)CCC(=O)NCc2cc(F)cc(F)c2)CC1. The zero-order chi connectivity index (χ0) is 24.7. The molecular weight excluding hydrogens is 460 g/mol. The molecule has 0 radical (unpaired) electrons. The predicted octanol–water partition coefficient (Wildman–Crippen LogP) is 4.62. The van der Waals surface area contributed by atoms with Crippen molar-refractivity contribution >= 4 is 23.4 Å². The van der Waals surface area contributed by atoms with Gasteiger partial charge in [0.05, 0.1) is 0 Å². The minimum absolute atomic E-state index is 0.0109. The fourth-order valence-corrected chi connectivity index (χ4v) is 4.85. The number of amides is 2. The number of halogens is 3. The van der Waals surface area contributed by atoms with Gasteiger partial charge in [0.2, 0.25) is 11.8 Å². The standard InChI is InChI=1S/C26H32ClF2N3O2/c1-32(2)26(16-18-4-3-5-20(27)12-18)10-8-23(9-11-26)31-25(34)7-6-24(33)30-17-19-13-21(28)15-22(29)14-19/h3-5,12-15,23H,6-11,16-17H2,1-2H3,(H,30,33)(H,31,34). The van der Waals surface area contributed by atoms with Gasteiger partial charge >= 0.3 is 0 Å². The van der Waals surface area contributed by atoms with Crippen LogP contribution in [0.5, 0.6) is 0 Å². The maximum atomic E-state index is 13.2. The Labute approximate surface area is 204 Å². The molecule has 2 aromatic rings. The van der Waals surface area contributed by atoms with Crippen molar-refractivity contribution in [3.63, 3.8) is 0 Å². The van der Waals surface area contributed by atoms with Crippen LogP contribution in [0, 0.1) is 11.6 Å². The molecule has 3 rings (SSSR count). The molecule has 2 amide bonds. The van der Waals surface area contributed by atoms with E-state index in [9.17, 15) is 18.4 Å². The normalized spacial score (nSPS) is 20.2. The lowest BCUT2D eigenvalue weighted by Gasteiger charge is -2.45. The lowest BCUT2D eigenvalue weighted by Crippen LogP contribution is -2.52. The van der Waals surface area contributed by atoms with Crippen molar-refractivity contribution < 1.29 is 18.4 Å². The van der Waals surface area contributed by atoms with E-state index in [4.69, 9.17) is 11.6 Å². The van der Waals surface area contributed by atoms with Crippen LogP contribution in [-0.2, 0) is 22.6 Å². The molecular formula is C26H32ClF2N3O2. The molecule has 1 fully saturated rings. The van der Waals surface area contributed by atoms with E-state index in [1.54, 1.807) is 0 Å². The van der Waals surface area contributed by atoms with Crippen LogP contribution in [0.4, 0.5) is 8.78 Å². The number of hydrogen-bond acceptors (Lipinski definition) is 3. The maximum Gasteiger partial charge on any atom is 0.220 e. The fourth-order valence-electron chi connectivity index (χ4n) is 4.64. The molecule has 0 heterocycles. The van der Waals surface area contributed by atoms with Crippen LogP contribution in [0.2, 0.25) is 5.02 Å². The number of carbonyl (C=O) groups excluding carboxylic acids is 2. The van der Waals surface area contributed by atoms with Gasteiger partial charge in [0, 0.05) is 42.1 Å². The second-order valence-electron chi connectivity index (χ2n) is 9.32. The summed E-state index contributed by atoms with van der Waals surface area (Å²) in [5.41, 5.74) is 1.55. The Morgan fingerprint density at radius 2 is 1.65 bits per heavy atom. The summed E-state index contributed by atoms with van der Waals surface area (Å²) in [5, 5.41) is 6.39. The molecule has 0 aromatic heterocycles. The first-order valence-corrected chi connectivity index (χ1v) is 12.0. The average Bonchev–Trinajstić information content (AvgIpc) is 2.77. The van der Waals surface area contributed by atoms with Crippen molar-refractivity contribution in [1.82, 2.24) is 15.5 Å². The van der Waals surface area contributed by atoms with Crippen molar-refractivity contribution in [2.45, 2.75) is 63.1 Å². The first kappa shape index (κ1) is 26.1. The van der Waals surface area contributed by atoms with Crippen molar-refractivity contribution in [2.75, 3.05) is 14.1 Å². The summed E-state index contributed by atoms with van der Waals surface area (Å²) in [6.07, 6.45) is 4.61. The Kier molecular flexibility index (Phi) is 9.03. The van der Waals surface area contributed by atoms with E-state index in [1.165, 1.54) is 17.7 Å². The van der Waals surface area contributed by atoms with Crippen LogP contribution in [0.25, 0.3) is 0 Å². The van der Waals surface area contributed by atoms with Crippen LogP contribution in [0.1, 0.15) is 49.7 Å². The second-order valence-corrected chi connectivity index (χ2v) is 9.76. The molecule has 0 aliphatic heterocycles. The molecule has 184 valence electrons. The highest BCUT2D eigenvalue weighted by atomic mass is 35.5. The largest absolute Gasteiger partial charge is 0.353 e. The highest BCUT2D eigenvalue weighted by molar-refractivity contribution is 6.30.